The van der Waals surface area contributed by atoms with E-state index in [1.165, 1.54) is 17.4 Å². The summed E-state index contributed by atoms with van der Waals surface area (Å²) in [7, 11) is 0. The average Bonchev–Trinajstić information content (AvgIpc) is 3.20. The van der Waals surface area contributed by atoms with E-state index >= 15 is 0 Å². The van der Waals surface area contributed by atoms with Crippen LogP contribution in [0.25, 0.3) is 6.08 Å². The van der Waals surface area contributed by atoms with Gasteiger partial charge in [0, 0.05) is 11.6 Å². The molecule has 1 saturated heterocycles. The molecular weight excluding hydrogens is 340 g/mol. The van der Waals surface area contributed by atoms with Gasteiger partial charge in [-0.25, -0.2) is 14.7 Å². The third-order valence-corrected chi connectivity index (χ3v) is 3.98. The zero-order valence-electron chi connectivity index (χ0n) is 13.0. The molecule has 1 aromatic carbocycles. The van der Waals surface area contributed by atoms with Gasteiger partial charge in [0.1, 0.15) is 12.2 Å². The number of nitrogens with zero attached hydrogens (tertiary/aromatic N) is 2. The van der Waals surface area contributed by atoms with Crippen LogP contribution in [0.1, 0.15) is 5.56 Å². The third-order valence-electron chi connectivity index (χ3n) is 3.29. The summed E-state index contributed by atoms with van der Waals surface area (Å²) in [6.07, 6.45) is 6.53. The van der Waals surface area contributed by atoms with Crippen LogP contribution in [-0.2, 0) is 9.59 Å². The summed E-state index contributed by atoms with van der Waals surface area (Å²) in [5.41, 5.74) is 1.09. The standard InChI is InChI=1S/C17H14N4O3S/c22-14(20-16-18-9-10-25-16)11-21-15(23)13(19-17(21)24)8-4-7-12-5-2-1-3-6-12/h1-10H,11H2,(H,19,24)(H,18,20,22)/b7-4+,13-8-. The number of carbonyl (C=O) groups is 3. The minimum Gasteiger partial charge on any atom is -0.303 e. The highest BCUT2D eigenvalue weighted by atomic mass is 32.1. The first-order valence-corrected chi connectivity index (χ1v) is 8.27. The number of anilines is 1. The van der Waals surface area contributed by atoms with Gasteiger partial charge < -0.3 is 10.6 Å². The zero-order valence-corrected chi connectivity index (χ0v) is 13.8. The number of hydrogen-bond donors (Lipinski definition) is 2. The van der Waals surface area contributed by atoms with Crippen LogP contribution < -0.4 is 10.6 Å². The fourth-order valence-electron chi connectivity index (χ4n) is 2.14. The molecule has 2 N–H and O–H groups in total. The number of imide groups is 1. The van der Waals surface area contributed by atoms with Crippen molar-refractivity contribution in [3.63, 3.8) is 0 Å². The van der Waals surface area contributed by atoms with Crippen LogP contribution in [0, 0.1) is 0 Å². The van der Waals surface area contributed by atoms with Gasteiger partial charge in [0.15, 0.2) is 5.13 Å². The fraction of sp³-hybridized carbons (Fsp3) is 0.0588. The molecule has 1 aliphatic heterocycles. The normalized spacial score (nSPS) is 15.8. The Balaban J connectivity index is 1.62. The second-order valence-electron chi connectivity index (χ2n) is 5.06. The van der Waals surface area contributed by atoms with E-state index in [0.29, 0.717) is 5.13 Å². The van der Waals surface area contributed by atoms with E-state index in [1.54, 1.807) is 17.7 Å². The van der Waals surface area contributed by atoms with Crippen LogP contribution in [0.15, 0.2) is 59.8 Å². The molecule has 0 unspecified atom stereocenters. The quantitative estimate of drug-likeness (QED) is 0.636. The summed E-state index contributed by atoms with van der Waals surface area (Å²) >= 11 is 1.25. The number of nitrogens with one attached hydrogen (secondary N) is 2. The van der Waals surface area contributed by atoms with Crippen molar-refractivity contribution in [3.05, 3.63) is 65.3 Å². The molecule has 126 valence electrons. The number of allylic oxidation sites excluding steroid dienone is 2. The van der Waals surface area contributed by atoms with Gasteiger partial charge in [0.25, 0.3) is 5.91 Å². The first kappa shape index (κ1) is 16.6. The van der Waals surface area contributed by atoms with Crippen molar-refractivity contribution in [2.75, 3.05) is 11.9 Å². The lowest BCUT2D eigenvalue weighted by Crippen LogP contribution is -2.38. The highest BCUT2D eigenvalue weighted by Gasteiger charge is 2.34. The topological polar surface area (TPSA) is 91.4 Å². The van der Waals surface area contributed by atoms with Gasteiger partial charge in [0.2, 0.25) is 5.91 Å². The van der Waals surface area contributed by atoms with Gasteiger partial charge >= 0.3 is 6.03 Å². The van der Waals surface area contributed by atoms with Crippen LogP contribution >= 0.6 is 11.3 Å². The molecule has 1 aliphatic rings. The Bertz CT molecular complexity index is 844. The van der Waals surface area contributed by atoms with Gasteiger partial charge in [-0.1, -0.05) is 42.5 Å². The molecule has 1 fully saturated rings. The summed E-state index contributed by atoms with van der Waals surface area (Å²) in [6, 6.07) is 8.92. The smallest absolute Gasteiger partial charge is 0.303 e. The minimum atomic E-state index is -0.626. The Labute approximate surface area is 147 Å². The van der Waals surface area contributed by atoms with E-state index < -0.39 is 17.8 Å². The molecule has 8 heteroatoms. The van der Waals surface area contributed by atoms with Crippen LogP contribution in [-0.4, -0.2) is 34.3 Å². The van der Waals surface area contributed by atoms with Crippen molar-refractivity contribution in [2.45, 2.75) is 0 Å². The summed E-state index contributed by atoms with van der Waals surface area (Å²) in [4.78, 5) is 40.8. The molecule has 1 aromatic heterocycles. The molecular formula is C17H14N4O3S. The highest BCUT2D eigenvalue weighted by Crippen LogP contribution is 2.13. The third kappa shape index (κ3) is 4.18. The van der Waals surface area contributed by atoms with Crippen molar-refractivity contribution in [3.8, 4) is 0 Å². The molecule has 7 nitrogen and oxygen atoms in total. The number of rotatable bonds is 5. The average molecular weight is 354 g/mol. The maximum Gasteiger partial charge on any atom is 0.329 e. The van der Waals surface area contributed by atoms with Gasteiger partial charge in [-0.2, -0.15) is 0 Å². The lowest BCUT2D eigenvalue weighted by atomic mass is 10.2. The molecule has 3 rings (SSSR count). The second kappa shape index (κ2) is 7.54. The van der Waals surface area contributed by atoms with Crippen molar-refractivity contribution in [2.24, 2.45) is 0 Å². The number of thiazole rings is 1. The van der Waals surface area contributed by atoms with E-state index in [9.17, 15) is 14.4 Å². The second-order valence-corrected chi connectivity index (χ2v) is 5.95. The molecule has 0 radical (unpaired) electrons. The Morgan fingerprint density at radius 1 is 1.28 bits per heavy atom. The number of benzene rings is 1. The monoisotopic (exact) mass is 354 g/mol. The van der Waals surface area contributed by atoms with Crippen LogP contribution in [0.4, 0.5) is 9.93 Å². The first-order chi connectivity index (χ1) is 12.1. The Hall–Kier alpha value is -3.26. The molecule has 2 aromatic rings. The molecule has 25 heavy (non-hydrogen) atoms. The van der Waals surface area contributed by atoms with Gasteiger partial charge in [0.05, 0.1) is 0 Å². The molecule has 0 atom stereocenters. The Kier molecular flexibility index (Phi) is 5.00. The minimum absolute atomic E-state index is 0.124. The number of hydrogen-bond acceptors (Lipinski definition) is 5. The van der Waals surface area contributed by atoms with E-state index in [0.717, 1.165) is 10.5 Å². The maximum absolute atomic E-state index is 12.2. The molecule has 4 amide bonds. The summed E-state index contributed by atoms with van der Waals surface area (Å²) in [5.74, 6) is -1.03. The van der Waals surface area contributed by atoms with E-state index in [-0.39, 0.29) is 12.2 Å². The Morgan fingerprint density at radius 3 is 2.80 bits per heavy atom. The Morgan fingerprint density at radius 2 is 2.08 bits per heavy atom. The number of carbonyl (C=O) groups excluding carboxylic acids is 3. The molecule has 2 heterocycles. The van der Waals surface area contributed by atoms with Crippen molar-refractivity contribution in [1.82, 2.24) is 15.2 Å². The van der Waals surface area contributed by atoms with Crippen LogP contribution in [0.2, 0.25) is 0 Å². The number of urea groups is 1. The van der Waals surface area contributed by atoms with Crippen molar-refractivity contribution >= 4 is 40.4 Å². The van der Waals surface area contributed by atoms with E-state index in [1.807, 2.05) is 36.4 Å². The predicted octanol–water partition coefficient (Wildman–Crippen LogP) is 2.23. The molecule has 0 spiro atoms. The van der Waals surface area contributed by atoms with Crippen molar-refractivity contribution in [1.29, 1.82) is 0 Å². The fourth-order valence-corrected chi connectivity index (χ4v) is 2.68. The molecule has 0 saturated carbocycles. The van der Waals surface area contributed by atoms with Crippen LogP contribution in [0.3, 0.4) is 0 Å². The van der Waals surface area contributed by atoms with E-state index in [2.05, 4.69) is 15.6 Å². The largest absolute Gasteiger partial charge is 0.329 e. The number of aromatic nitrogens is 1. The molecule has 0 aliphatic carbocycles. The SMILES string of the molecule is O=C(CN1C(=O)N/C(=C\C=C\c2ccccc2)C1=O)Nc1nccs1. The van der Waals surface area contributed by atoms with Gasteiger partial charge in [-0.05, 0) is 11.6 Å². The zero-order chi connectivity index (χ0) is 17.6. The maximum atomic E-state index is 12.2. The van der Waals surface area contributed by atoms with Crippen LogP contribution in [0.5, 0.6) is 0 Å². The van der Waals surface area contributed by atoms with Crippen molar-refractivity contribution < 1.29 is 14.4 Å². The first-order valence-electron chi connectivity index (χ1n) is 7.39. The van der Waals surface area contributed by atoms with Gasteiger partial charge in [-0.3, -0.25) is 9.59 Å². The summed E-state index contributed by atoms with van der Waals surface area (Å²) in [6.45, 7) is -0.371. The summed E-state index contributed by atoms with van der Waals surface area (Å²) in [5, 5.41) is 7.12. The predicted molar refractivity (Wildman–Crippen MR) is 94.5 cm³/mol. The van der Waals surface area contributed by atoms with E-state index in [4.69, 9.17) is 0 Å². The number of amides is 4. The molecule has 0 bridgehead atoms. The lowest BCUT2D eigenvalue weighted by molar-refractivity contribution is -0.127. The highest BCUT2D eigenvalue weighted by molar-refractivity contribution is 7.13. The van der Waals surface area contributed by atoms with Gasteiger partial charge in [-0.15, -0.1) is 11.3 Å². The summed E-state index contributed by atoms with van der Waals surface area (Å²) < 4.78 is 0. The lowest BCUT2D eigenvalue weighted by Gasteiger charge is -2.10.